The van der Waals surface area contributed by atoms with E-state index in [2.05, 4.69) is 15.0 Å². The molecule has 1 aliphatic heterocycles. The minimum absolute atomic E-state index is 0.0598. The molecule has 1 aromatic rings. The molecule has 1 fully saturated rings. The van der Waals surface area contributed by atoms with Gasteiger partial charge in [0.25, 0.3) is 0 Å². The van der Waals surface area contributed by atoms with Gasteiger partial charge in [-0.2, -0.15) is 28.1 Å². The summed E-state index contributed by atoms with van der Waals surface area (Å²) in [6, 6.07) is 0. The van der Waals surface area contributed by atoms with E-state index in [1.807, 2.05) is 4.90 Å². The number of anilines is 3. The van der Waals surface area contributed by atoms with Crippen molar-refractivity contribution in [1.29, 1.82) is 0 Å². The van der Waals surface area contributed by atoms with Crippen LogP contribution in [0.5, 0.6) is 0 Å². The average Bonchev–Trinajstić information content (AvgIpc) is 2.37. The number of hydrogen-bond acceptors (Lipinski definition) is 6. The number of piperidine rings is 1. The molecule has 0 amide bonds. The summed E-state index contributed by atoms with van der Waals surface area (Å²) < 4.78 is 37.2. The molecule has 0 unspecified atom stereocenters. The lowest BCUT2D eigenvalue weighted by Crippen LogP contribution is -2.34. The van der Waals surface area contributed by atoms with Crippen molar-refractivity contribution in [3.05, 3.63) is 0 Å². The molecular weight excluding hydrogens is 273 g/mol. The molecule has 1 saturated heterocycles. The summed E-state index contributed by atoms with van der Waals surface area (Å²) in [5.74, 6) is 0.223. The Morgan fingerprint density at radius 1 is 1.15 bits per heavy atom. The summed E-state index contributed by atoms with van der Waals surface area (Å²) in [4.78, 5) is 14.7. The second kappa shape index (κ2) is 5.68. The Kier molecular flexibility index (Phi) is 4.15. The molecule has 0 radical (unpaired) electrons. The second-order valence-electron chi connectivity index (χ2n) is 4.81. The second-order valence-corrected chi connectivity index (χ2v) is 4.81. The molecule has 2 N–H and O–H groups in total. The van der Waals surface area contributed by atoms with Crippen molar-refractivity contribution in [3.63, 3.8) is 0 Å². The highest BCUT2D eigenvalue weighted by Gasteiger charge is 2.30. The standard InChI is InChI=1S/C11H17F3N6/c1-19(7-11(12,13)14)9-16-8(15)17-10(18-9)20-5-3-2-4-6-20/h2-7H2,1H3,(H2,15,16,17,18). The Balaban J connectivity index is 2.19. The highest BCUT2D eigenvalue weighted by molar-refractivity contribution is 5.43. The number of nitrogens with two attached hydrogens (primary N) is 1. The predicted octanol–water partition coefficient (Wildman–Crippen LogP) is 1.44. The first-order valence-electron chi connectivity index (χ1n) is 6.39. The van der Waals surface area contributed by atoms with Crippen molar-refractivity contribution < 1.29 is 13.2 Å². The van der Waals surface area contributed by atoms with Crippen molar-refractivity contribution in [2.45, 2.75) is 25.4 Å². The molecule has 0 atom stereocenters. The Bertz CT molecular complexity index is 458. The lowest BCUT2D eigenvalue weighted by molar-refractivity contribution is -0.119. The van der Waals surface area contributed by atoms with Crippen LogP contribution in [0.15, 0.2) is 0 Å². The number of aromatic nitrogens is 3. The fourth-order valence-electron chi connectivity index (χ4n) is 2.12. The van der Waals surface area contributed by atoms with Crippen LogP contribution in [0.3, 0.4) is 0 Å². The van der Waals surface area contributed by atoms with Gasteiger partial charge in [-0.25, -0.2) is 0 Å². The first-order chi connectivity index (χ1) is 9.35. The maximum Gasteiger partial charge on any atom is 0.406 e. The summed E-state index contributed by atoms with van der Waals surface area (Å²) in [5, 5.41) is 0. The molecule has 1 aromatic heterocycles. The molecule has 0 aromatic carbocycles. The van der Waals surface area contributed by atoms with Gasteiger partial charge in [0.15, 0.2) is 0 Å². The van der Waals surface area contributed by atoms with Crippen LogP contribution in [0.4, 0.5) is 31.0 Å². The van der Waals surface area contributed by atoms with Gasteiger partial charge in [-0.05, 0) is 19.3 Å². The lowest BCUT2D eigenvalue weighted by atomic mass is 10.1. The number of nitrogen functional groups attached to an aromatic ring is 1. The molecule has 0 spiro atoms. The third-order valence-electron chi connectivity index (χ3n) is 3.03. The van der Waals surface area contributed by atoms with Crippen LogP contribution in [0.25, 0.3) is 0 Å². The molecule has 9 heteroatoms. The maximum absolute atomic E-state index is 12.4. The number of alkyl halides is 3. The fourth-order valence-corrected chi connectivity index (χ4v) is 2.12. The molecule has 1 aliphatic rings. The zero-order chi connectivity index (χ0) is 14.8. The van der Waals surface area contributed by atoms with Gasteiger partial charge in [0.05, 0.1) is 0 Å². The smallest absolute Gasteiger partial charge is 0.368 e. The summed E-state index contributed by atoms with van der Waals surface area (Å²) >= 11 is 0. The van der Waals surface area contributed by atoms with Crippen LogP contribution in [0.2, 0.25) is 0 Å². The van der Waals surface area contributed by atoms with E-state index in [4.69, 9.17) is 5.73 Å². The third-order valence-corrected chi connectivity index (χ3v) is 3.03. The topological polar surface area (TPSA) is 71.2 Å². The largest absolute Gasteiger partial charge is 0.406 e. The summed E-state index contributed by atoms with van der Waals surface area (Å²) in [6.45, 7) is 0.438. The normalized spacial score (nSPS) is 16.3. The molecule has 0 aliphatic carbocycles. The number of nitrogens with zero attached hydrogens (tertiary/aromatic N) is 5. The zero-order valence-corrected chi connectivity index (χ0v) is 11.2. The van der Waals surface area contributed by atoms with E-state index in [0.717, 1.165) is 37.3 Å². The van der Waals surface area contributed by atoms with Crippen molar-refractivity contribution >= 4 is 17.8 Å². The van der Waals surface area contributed by atoms with E-state index in [1.165, 1.54) is 7.05 Å². The predicted molar refractivity (Wildman–Crippen MR) is 69.6 cm³/mol. The summed E-state index contributed by atoms with van der Waals surface area (Å²) in [6.07, 6.45) is -1.15. The van der Waals surface area contributed by atoms with Gasteiger partial charge in [0.1, 0.15) is 6.54 Å². The van der Waals surface area contributed by atoms with Crippen LogP contribution < -0.4 is 15.5 Å². The highest BCUT2D eigenvalue weighted by atomic mass is 19.4. The number of hydrogen-bond donors (Lipinski definition) is 1. The van der Waals surface area contributed by atoms with Crippen LogP contribution in [0, 0.1) is 0 Å². The minimum Gasteiger partial charge on any atom is -0.368 e. The van der Waals surface area contributed by atoms with E-state index in [-0.39, 0.29) is 11.9 Å². The Morgan fingerprint density at radius 2 is 1.80 bits per heavy atom. The van der Waals surface area contributed by atoms with Crippen LogP contribution in [-0.4, -0.2) is 47.8 Å². The molecule has 6 nitrogen and oxygen atoms in total. The van der Waals surface area contributed by atoms with Crippen LogP contribution in [-0.2, 0) is 0 Å². The van der Waals surface area contributed by atoms with Gasteiger partial charge in [-0.3, -0.25) is 0 Å². The van der Waals surface area contributed by atoms with Gasteiger partial charge in [0.2, 0.25) is 17.8 Å². The average molecular weight is 290 g/mol. The number of halogens is 3. The highest BCUT2D eigenvalue weighted by Crippen LogP contribution is 2.21. The summed E-state index contributed by atoms with van der Waals surface area (Å²) in [7, 11) is 1.28. The Morgan fingerprint density at radius 3 is 2.40 bits per heavy atom. The molecule has 20 heavy (non-hydrogen) atoms. The van der Waals surface area contributed by atoms with E-state index in [9.17, 15) is 13.2 Å². The first-order valence-corrected chi connectivity index (χ1v) is 6.39. The van der Waals surface area contributed by atoms with Gasteiger partial charge < -0.3 is 15.5 Å². The maximum atomic E-state index is 12.4. The fraction of sp³-hybridized carbons (Fsp3) is 0.727. The SMILES string of the molecule is CN(CC(F)(F)F)c1nc(N)nc(N2CCCCC2)n1. The van der Waals surface area contributed by atoms with Gasteiger partial charge in [0, 0.05) is 20.1 Å². The van der Waals surface area contributed by atoms with E-state index in [1.54, 1.807) is 0 Å². The van der Waals surface area contributed by atoms with E-state index in [0.29, 0.717) is 5.95 Å². The quantitative estimate of drug-likeness (QED) is 0.908. The zero-order valence-electron chi connectivity index (χ0n) is 11.2. The molecular formula is C11H17F3N6. The van der Waals surface area contributed by atoms with Crippen molar-refractivity contribution in [2.75, 3.05) is 42.2 Å². The molecule has 2 rings (SSSR count). The molecule has 112 valence electrons. The van der Waals surface area contributed by atoms with Gasteiger partial charge in [-0.1, -0.05) is 0 Å². The lowest BCUT2D eigenvalue weighted by Gasteiger charge is -2.27. The first kappa shape index (κ1) is 14.6. The van der Waals surface area contributed by atoms with Crippen molar-refractivity contribution in [1.82, 2.24) is 15.0 Å². The Labute approximate surface area is 114 Å². The molecule has 2 heterocycles. The van der Waals surface area contributed by atoms with Crippen LogP contribution >= 0.6 is 0 Å². The van der Waals surface area contributed by atoms with Crippen molar-refractivity contribution in [2.24, 2.45) is 0 Å². The van der Waals surface area contributed by atoms with Crippen molar-refractivity contribution in [3.8, 4) is 0 Å². The Hall–Kier alpha value is -1.80. The third kappa shape index (κ3) is 3.84. The number of rotatable bonds is 3. The van der Waals surface area contributed by atoms with E-state index < -0.39 is 12.7 Å². The molecule has 0 bridgehead atoms. The minimum atomic E-state index is -4.32. The van der Waals surface area contributed by atoms with Gasteiger partial charge in [-0.15, -0.1) is 0 Å². The van der Waals surface area contributed by atoms with E-state index >= 15 is 0 Å². The van der Waals surface area contributed by atoms with Gasteiger partial charge >= 0.3 is 6.18 Å². The monoisotopic (exact) mass is 290 g/mol. The molecule has 0 saturated carbocycles. The summed E-state index contributed by atoms with van der Waals surface area (Å²) in [5.41, 5.74) is 5.57. The van der Waals surface area contributed by atoms with Crippen LogP contribution in [0.1, 0.15) is 19.3 Å².